The first kappa shape index (κ1) is 12.9. The van der Waals surface area contributed by atoms with E-state index in [0.717, 1.165) is 17.8 Å². The van der Waals surface area contributed by atoms with E-state index in [-0.39, 0.29) is 0 Å². The Morgan fingerprint density at radius 3 is 2.18 bits per heavy atom. The zero-order valence-electron chi connectivity index (χ0n) is 12.4. The summed E-state index contributed by atoms with van der Waals surface area (Å²) < 4.78 is 0. The Bertz CT molecular complexity index is 343. The fraction of sp³-hybridized carbons (Fsp3) is 0.765. The quantitative estimate of drug-likeness (QED) is 0.537. The molecule has 0 heterocycles. The van der Waals surface area contributed by atoms with E-state index >= 15 is 0 Å². The molecule has 0 aromatic carbocycles. The molecular weight excluding hydrogens is 204 g/mol. The second kappa shape index (κ2) is 4.00. The van der Waals surface area contributed by atoms with Crippen LogP contribution in [0.25, 0.3) is 0 Å². The summed E-state index contributed by atoms with van der Waals surface area (Å²) >= 11 is 0. The lowest BCUT2D eigenvalue weighted by molar-refractivity contribution is 0.0720. The van der Waals surface area contributed by atoms with Gasteiger partial charge < -0.3 is 0 Å². The Balaban J connectivity index is 2.36. The van der Waals surface area contributed by atoms with Gasteiger partial charge in [-0.3, -0.25) is 0 Å². The van der Waals surface area contributed by atoms with Gasteiger partial charge in [-0.2, -0.15) is 0 Å². The number of hydrogen-bond donors (Lipinski definition) is 0. The first-order valence-corrected chi connectivity index (χ1v) is 7.07. The summed E-state index contributed by atoms with van der Waals surface area (Å²) in [5, 5.41) is 0. The zero-order valence-corrected chi connectivity index (χ0v) is 12.4. The molecule has 0 nitrogen and oxygen atoms in total. The van der Waals surface area contributed by atoms with Crippen LogP contribution in [0.15, 0.2) is 23.8 Å². The lowest BCUT2D eigenvalue weighted by Crippen LogP contribution is -2.35. The van der Waals surface area contributed by atoms with Gasteiger partial charge in [-0.05, 0) is 41.4 Å². The fourth-order valence-electron chi connectivity index (χ4n) is 4.00. The predicted molar refractivity (Wildman–Crippen MR) is 75.8 cm³/mol. The van der Waals surface area contributed by atoms with Crippen LogP contribution in [0.4, 0.5) is 0 Å². The van der Waals surface area contributed by atoms with E-state index in [2.05, 4.69) is 59.8 Å². The summed E-state index contributed by atoms with van der Waals surface area (Å²) in [6.07, 6.45) is 9.59. The average Bonchev–Trinajstić information content (AvgIpc) is 2.54. The van der Waals surface area contributed by atoms with E-state index in [1.54, 1.807) is 5.57 Å². The highest BCUT2D eigenvalue weighted by Crippen LogP contribution is 2.57. The molecule has 17 heavy (non-hydrogen) atoms. The number of rotatable bonds is 0. The van der Waals surface area contributed by atoms with E-state index in [1.165, 1.54) is 12.8 Å². The molecule has 3 unspecified atom stereocenters. The highest BCUT2D eigenvalue weighted by atomic mass is 14.5. The molecule has 2 aliphatic carbocycles. The number of allylic oxidation sites excluding steroid dienone is 4. The van der Waals surface area contributed by atoms with E-state index in [1.807, 2.05) is 0 Å². The van der Waals surface area contributed by atoms with E-state index in [0.29, 0.717) is 10.8 Å². The maximum absolute atomic E-state index is 2.43. The van der Waals surface area contributed by atoms with Crippen molar-refractivity contribution in [3.8, 4) is 0 Å². The summed E-state index contributed by atoms with van der Waals surface area (Å²) in [4.78, 5) is 0. The van der Waals surface area contributed by atoms with Crippen LogP contribution in [0.3, 0.4) is 0 Å². The molecule has 0 saturated heterocycles. The van der Waals surface area contributed by atoms with Gasteiger partial charge in [0.05, 0.1) is 0 Å². The van der Waals surface area contributed by atoms with Crippen LogP contribution in [0.2, 0.25) is 0 Å². The minimum absolute atomic E-state index is 0.420. The SMILES string of the molecule is CC(C)(C)C1CC2=CC=CCC2C1C(C)(C)C. The third-order valence-electron chi connectivity index (χ3n) is 4.75. The molecule has 2 rings (SSSR count). The first-order chi connectivity index (χ1) is 7.71. The lowest BCUT2D eigenvalue weighted by atomic mass is 9.63. The van der Waals surface area contributed by atoms with Gasteiger partial charge in [0.15, 0.2) is 0 Å². The molecule has 1 saturated carbocycles. The molecule has 0 heteroatoms. The molecule has 0 aromatic heterocycles. The number of fused-ring (bicyclic) bond motifs is 1. The van der Waals surface area contributed by atoms with Crippen molar-refractivity contribution in [1.29, 1.82) is 0 Å². The second-order valence-corrected chi connectivity index (χ2v) is 8.08. The van der Waals surface area contributed by atoms with E-state index in [4.69, 9.17) is 0 Å². The Hall–Kier alpha value is -0.520. The normalized spacial score (nSPS) is 33.5. The summed E-state index contributed by atoms with van der Waals surface area (Å²) in [5.41, 5.74) is 2.56. The van der Waals surface area contributed by atoms with Crippen molar-refractivity contribution in [2.24, 2.45) is 28.6 Å². The Kier molecular flexibility index (Phi) is 3.04. The van der Waals surface area contributed by atoms with Gasteiger partial charge in [0.1, 0.15) is 0 Å². The van der Waals surface area contributed by atoms with Crippen LogP contribution in [0, 0.1) is 28.6 Å². The molecule has 0 aliphatic heterocycles. The van der Waals surface area contributed by atoms with Crippen molar-refractivity contribution < 1.29 is 0 Å². The van der Waals surface area contributed by atoms with Crippen molar-refractivity contribution in [3.63, 3.8) is 0 Å². The molecule has 0 bridgehead atoms. The summed E-state index contributed by atoms with van der Waals surface area (Å²) in [7, 11) is 0. The lowest BCUT2D eigenvalue weighted by Gasteiger charge is -2.42. The summed E-state index contributed by atoms with van der Waals surface area (Å²) in [5.74, 6) is 2.47. The van der Waals surface area contributed by atoms with Gasteiger partial charge in [0, 0.05) is 0 Å². The van der Waals surface area contributed by atoms with E-state index < -0.39 is 0 Å². The van der Waals surface area contributed by atoms with Crippen LogP contribution in [0.1, 0.15) is 54.4 Å². The van der Waals surface area contributed by atoms with Crippen molar-refractivity contribution in [1.82, 2.24) is 0 Å². The molecular formula is C17H28. The summed E-state index contributed by atoms with van der Waals surface area (Å²) in [6.45, 7) is 14.5. The molecule has 3 atom stereocenters. The van der Waals surface area contributed by atoms with Gasteiger partial charge in [0.25, 0.3) is 0 Å². The number of hydrogen-bond acceptors (Lipinski definition) is 0. The second-order valence-electron chi connectivity index (χ2n) is 8.08. The summed E-state index contributed by atoms with van der Waals surface area (Å²) in [6, 6.07) is 0. The Morgan fingerprint density at radius 2 is 1.65 bits per heavy atom. The molecule has 2 aliphatic rings. The largest absolute Gasteiger partial charge is 0.0839 e. The van der Waals surface area contributed by atoms with Crippen LogP contribution in [0.5, 0.6) is 0 Å². The smallest absolute Gasteiger partial charge is 0.0129 e. The minimum Gasteiger partial charge on any atom is -0.0839 e. The van der Waals surface area contributed by atoms with Crippen molar-refractivity contribution >= 4 is 0 Å². The van der Waals surface area contributed by atoms with Crippen LogP contribution >= 0.6 is 0 Å². The Labute approximate surface area is 107 Å². The first-order valence-electron chi connectivity index (χ1n) is 7.07. The van der Waals surface area contributed by atoms with Crippen LogP contribution in [-0.4, -0.2) is 0 Å². The van der Waals surface area contributed by atoms with E-state index in [9.17, 15) is 0 Å². The predicted octanol–water partition coefficient (Wildman–Crippen LogP) is 5.22. The third kappa shape index (κ3) is 2.37. The van der Waals surface area contributed by atoms with Gasteiger partial charge in [-0.1, -0.05) is 65.3 Å². The molecule has 1 fully saturated rings. The van der Waals surface area contributed by atoms with Gasteiger partial charge in [0.2, 0.25) is 0 Å². The molecule has 0 radical (unpaired) electrons. The average molecular weight is 232 g/mol. The maximum atomic E-state index is 2.43. The molecule has 0 amide bonds. The maximum Gasteiger partial charge on any atom is -0.0129 e. The fourth-order valence-corrected chi connectivity index (χ4v) is 4.00. The van der Waals surface area contributed by atoms with Gasteiger partial charge in [-0.15, -0.1) is 0 Å². The molecule has 0 N–H and O–H groups in total. The van der Waals surface area contributed by atoms with Crippen molar-refractivity contribution in [2.75, 3.05) is 0 Å². The molecule has 96 valence electrons. The highest BCUT2D eigenvalue weighted by molar-refractivity contribution is 5.27. The minimum atomic E-state index is 0.420. The zero-order chi connectivity index (χ0) is 12.8. The monoisotopic (exact) mass is 232 g/mol. The Morgan fingerprint density at radius 1 is 1.00 bits per heavy atom. The van der Waals surface area contributed by atoms with Crippen molar-refractivity contribution in [3.05, 3.63) is 23.8 Å². The highest BCUT2D eigenvalue weighted by Gasteiger charge is 2.48. The van der Waals surface area contributed by atoms with Crippen molar-refractivity contribution in [2.45, 2.75) is 54.4 Å². The molecule has 0 aromatic rings. The molecule has 0 spiro atoms. The van der Waals surface area contributed by atoms with Gasteiger partial charge >= 0.3 is 0 Å². The van der Waals surface area contributed by atoms with Crippen LogP contribution in [-0.2, 0) is 0 Å². The van der Waals surface area contributed by atoms with Gasteiger partial charge in [-0.25, -0.2) is 0 Å². The standard InChI is InChI=1S/C17H28/c1-16(2,3)14-11-12-9-7-8-10-13(12)15(14)17(4,5)6/h7-9,13-15H,10-11H2,1-6H3. The third-order valence-corrected chi connectivity index (χ3v) is 4.75. The topological polar surface area (TPSA) is 0 Å². The van der Waals surface area contributed by atoms with Crippen LogP contribution < -0.4 is 0 Å².